The van der Waals surface area contributed by atoms with Crippen molar-refractivity contribution < 1.29 is 19.2 Å². The predicted octanol–water partition coefficient (Wildman–Crippen LogP) is 2.01. The summed E-state index contributed by atoms with van der Waals surface area (Å²) < 4.78 is 7.08. The van der Waals surface area contributed by atoms with Gasteiger partial charge in [0.25, 0.3) is 5.69 Å². The zero-order valence-corrected chi connectivity index (χ0v) is 13.5. The second kappa shape index (κ2) is 7.14. The number of non-ortho nitro benzene ring substituents is 1. The summed E-state index contributed by atoms with van der Waals surface area (Å²) in [5.41, 5.74) is 0.376. The van der Waals surface area contributed by atoms with Crippen LogP contribution in [0.1, 0.15) is 20.3 Å². The lowest BCUT2D eigenvalue weighted by Gasteiger charge is -2.04. The van der Waals surface area contributed by atoms with Crippen LogP contribution in [0, 0.1) is 10.1 Å². The van der Waals surface area contributed by atoms with Gasteiger partial charge in [0.05, 0.1) is 21.7 Å². The maximum atomic E-state index is 11.8. The van der Waals surface area contributed by atoms with E-state index in [1.165, 1.54) is 28.0 Å². The number of nitro benzene ring substituents is 1. The summed E-state index contributed by atoms with van der Waals surface area (Å²) in [5.74, 6) is -0.826. The molecule has 0 unspecified atom stereocenters. The van der Waals surface area contributed by atoms with Crippen molar-refractivity contribution in [3.63, 3.8) is 0 Å². The monoisotopic (exact) mass is 337 g/mol. The minimum Gasteiger partial charge on any atom is -0.465 e. The number of hydrogen-bond acceptors (Lipinski definition) is 6. The third kappa shape index (κ3) is 3.81. The molecule has 1 amide bonds. The zero-order chi connectivity index (χ0) is 17.0. The van der Waals surface area contributed by atoms with E-state index in [1.807, 2.05) is 0 Å². The van der Waals surface area contributed by atoms with Crippen molar-refractivity contribution in [2.24, 2.45) is 4.99 Å². The topological polar surface area (TPSA) is 104 Å². The summed E-state index contributed by atoms with van der Waals surface area (Å²) in [5, 5.41) is 10.9. The number of carbonyl (C=O) groups excluding carboxylic acids is 2. The van der Waals surface area contributed by atoms with Gasteiger partial charge in [-0.25, -0.2) is 0 Å². The van der Waals surface area contributed by atoms with Crippen LogP contribution < -0.4 is 4.80 Å². The standard InChI is InChI=1S/C14H15N3O5S/c1-3-12(18)15-14-16(8-13(19)22-4-2)10-7-9(17(20)21)5-6-11(10)23-14/h5-7H,3-4,8H2,1-2H3. The van der Waals surface area contributed by atoms with Crippen LogP contribution in [0.3, 0.4) is 0 Å². The number of fused-ring (bicyclic) bond motifs is 1. The molecule has 2 aromatic rings. The average molecular weight is 337 g/mol. The molecule has 0 fully saturated rings. The van der Waals surface area contributed by atoms with E-state index in [9.17, 15) is 19.7 Å². The Labute approximate surface area is 135 Å². The number of carbonyl (C=O) groups is 2. The minimum atomic E-state index is -0.514. The first-order chi connectivity index (χ1) is 11.0. The summed E-state index contributed by atoms with van der Waals surface area (Å²) in [6.45, 7) is 3.43. The smallest absolute Gasteiger partial charge is 0.326 e. The Morgan fingerprint density at radius 3 is 2.74 bits per heavy atom. The second-order valence-corrected chi connectivity index (χ2v) is 5.55. The number of nitro groups is 1. The molecule has 1 heterocycles. The van der Waals surface area contributed by atoms with Crippen molar-refractivity contribution in [3.8, 4) is 0 Å². The fourth-order valence-corrected chi connectivity index (χ4v) is 2.96. The van der Waals surface area contributed by atoms with Crippen molar-refractivity contribution in [1.29, 1.82) is 0 Å². The first kappa shape index (κ1) is 16.8. The lowest BCUT2D eigenvalue weighted by Crippen LogP contribution is -2.23. The minimum absolute atomic E-state index is 0.0960. The summed E-state index contributed by atoms with van der Waals surface area (Å²) in [7, 11) is 0. The molecule has 0 aliphatic heterocycles. The number of amides is 1. The van der Waals surface area contributed by atoms with Gasteiger partial charge in [-0.05, 0) is 13.0 Å². The summed E-state index contributed by atoms with van der Waals surface area (Å²) in [6, 6.07) is 4.31. The van der Waals surface area contributed by atoms with Gasteiger partial charge < -0.3 is 9.30 Å². The maximum Gasteiger partial charge on any atom is 0.326 e. The maximum absolute atomic E-state index is 11.8. The van der Waals surface area contributed by atoms with Crippen LogP contribution in [-0.4, -0.2) is 28.0 Å². The molecule has 9 heteroatoms. The van der Waals surface area contributed by atoms with Gasteiger partial charge in [-0.1, -0.05) is 18.3 Å². The highest BCUT2D eigenvalue weighted by Crippen LogP contribution is 2.23. The van der Waals surface area contributed by atoms with Gasteiger partial charge in [0.15, 0.2) is 4.80 Å². The van der Waals surface area contributed by atoms with Crippen LogP contribution in [-0.2, 0) is 20.9 Å². The lowest BCUT2D eigenvalue weighted by atomic mass is 10.3. The quantitative estimate of drug-likeness (QED) is 0.471. The van der Waals surface area contributed by atoms with Gasteiger partial charge in [-0.3, -0.25) is 19.7 Å². The molecule has 1 aromatic carbocycles. The highest BCUT2D eigenvalue weighted by atomic mass is 32.1. The molecule has 0 bridgehead atoms. The van der Waals surface area contributed by atoms with E-state index in [0.29, 0.717) is 15.0 Å². The van der Waals surface area contributed by atoms with E-state index in [0.717, 1.165) is 0 Å². The molecule has 2 rings (SSSR count). The summed E-state index contributed by atoms with van der Waals surface area (Å²) in [6.07, 6.45) is 0.230. The van der Waals surface area contributed by atoms with Gasteiger partial charge in [0, 0.05) is 18.6 Å². The van der Waals surface area contributed by atoms with Crippen molar-refractivity contribution in [2.45, 2.75) is 26.8 Å². The van der Waals surface area contributed by atoms with E-state index in [2.05, 4.69) is 4.99 Å². The molecule has 0 radical (unpaired) electrons. The molecule has 122 valence electrons. The van der Waals surface area contributed by atoms with Crippen molar-refractivity contribution in [3.05, 3.63) is 33.1 Å². The normalized spacial score (nSPS) is 11.7. The first-order valence-corrected chi connectivity index (χ1v) is 7.78. The van der Waals surface area contributed by atoms with E-state index in [1.54, 1.807) is 19.9 Å². The van der Waals surface area contributed by atoms with Gasteiger partial charge in [-0.15, -0.1) is 0 Å². The molecule has 0 N–H and O–H groups in total. The Kier molecular flexibility index (Phi) is 5.22. The molecule has 0 aliphatic carbocycles. The number of benzene rings is 1. The first-order valence-electron chi connectivity index (χ1n) is 6.97. The molecule has 1 aromatic heterocycles. The molecule has 0 atom stereocenters. The van der Waals surface area contributed by atoms with Gasteiger partial charge in [-0.2, -0.15) is 4.99 Å². The zero-order valence-electron chi connectivity index (χ0n) is 12.6. The van der Waals surface area contributed by atoms with Crippen LogP contribution >= 0.6 is 11.3 Å². The SMILES string of the molecule is CCOC(=O)Cn1c(=NC(=O)CC)sc2ccc([N+](=O)[O-])cc21. The summed E-state index contributed by atoms with van der Waals surface area (Å²) in [4.78, 5) is 38.1. The Morgan fingerprint density at radius 2 is 2.13 bits per heavy atom. The Morgan fingerprint density at radius 1 is 1.39 bits per heavy atom. The number of hydrogen-bond donors (Lipinski definition) is 0. The van der Waals surface area contributed by atoms with Gasteiger partial charge >= 0.3 is 5.97 Å². The molecular weight excluding hydrogens is 322 g/mol. The number of nitrogens with zero attached hydrogens (tertiary/aromatic N) is 3. The number of ether oxygens (including phenoxy) is 1. The fourth-order valence-electron chi connectivity index (χ4n) is 1.93. The van der Waals surface area contributed by atoms with E-state index in [-0.39, 0.29) is 31.2 Å². The summed E-state index contributed by atoms with van der Waals surface area (Å²) >= 11 is 1.19. The Balaban J connectivity index is 2.64. The Hall–Kier alpha value is -2.55. The Bertz CT molecular complexity index is 837. The fraction of sp³-hybridized carbons (Fsp3) is 0.357. The third-order valence-corrected chi connectivity index (χ3v) is 4.05. The van der Waals surface area contributed by atoms with Crippen molar-refractivity contribution in [1.82, 2.24) is 4.57 Å². The van der Waals surface area contributed by atoms with E-state index < -0.39 is 10.9 Å². The number of aromatic nitrogens is 1. The van der Waals surface area contributed by atoms with E-state index in [4.69, 9.17) is 4.74 Å². The molecule has 0 saturated heterocycles. The van der Waals surface area contributed by atoms with Gasteiger partial charge in [0.1, 0.15) is 6.54 Å². The molecule has 0 saturated carbocycles. The molecule has 23 heavy (non-hydrogen) atoms. The number of esters is 1. The van der Waals surface area contributed by atoms with Crippen LogP contribution in [0.25, 0.3) is 10.2 Å². The molecule has 0 spiro atoms. The van der Waals surface area contributed by atoms with E-state index >= 15 is 0 Å². The second-order valence-electron chi connectivity index (χ2n) is 4.54. The van der Waals surface area contributed by atoms with Crippen molar-refractivity contribution >= 4 is 39.1 Å². The lowest BCUT2D eigenvalue weighted by molar-refractivity contribution is -0.384. The van der Waals surface area contributed by atoms with Crippen LogP contribution in [0.4, 0.5) is 5.69 Å². The highest BCUT2D eigenvalue weighted by Gasteiger charge is 2.15. The molecule has 0 aliphatic rings. The molecule has 8 nitrogen and oxygen atoms in total. The highest BCUT2D eigenvalue weighted by molar-refractivity contribution is 7.16. The third-order valence-electron chi connectivity index (χ3n) is 2.99. The number of thiazole rings is 1. The van der Waals surface area contributed by atoms with Crippen LogP contribution in [0.5, 0.6) is 0 Å². The average Bonchev–Trinajstić information content (AvgIpc) is 2.84. The van der Waals surface area contributed by atoms with Gasteiger partial charge in [0.2, 0.25) is 5.91 Å². The number of rotatable bonds is 5. The van der Waals surface area contributed by atoms with Crippen LogP contribution in [0.2, 0.25) is 0 Å². The predicted molar refractivity (Wildman–Crippen MR) is 84.0 cm³/mol. The van der Waals surface area contributed by atoms with Crippen molar-refractivity contribution in [2.75, 3.05) is 6.61 Å². The molecular formula is C14H15N3O5S. The largest absolute Gasteiger partial charge is 0.465 e. The van der Waals surface area contributed by atoms with Crippen LogP contribution in [0.15, 0.2) is 23.2 Å².